The van der Waals surface area contributed by atoms with Crippen LogP contribution in [0.1, 0.15) is 39.2 Å². The lowest BCUT2D eigenvalue weighted by atomic mass is 9.89. The molecule has 0 aliphatic carbocycles. The molecule has 0 heterocycles. The summed E-state index contributed by atoms with van der Waals surface area (Å²) in [5.41, 5.74) is 0.722. The molecule has 2 N–H and O–H groups in total. The first-order chi connectivity index (χ1) is 9.29. The predicted octanol–water partition coefficient (Wildman–Crippen LogP) is 1.87. The predicted molar refractivity (Wildman–Crippen MR) is 78.6 cm³/mol. The van der Waals surface area contributed by atoms with E-state index in [-0.39, 0.29) is 23.9 Å². The van der Waals surface area contributed by atoms with Crippen LogP contribution in [0.5, 0.6) is 0 Å². The third kappa shape index (κ3) is 7.37. The van der Waals surface area contributed by atoms with Crippen molar-refractivity contribution in [2.45, 2.75) is 40.2 Å². The molecular weight excluding hydrogens is 272 g/mol. The topological polar surface area (TPSA) is 91.9 Å². The largest absolute Gasteiger partial charge is 0.455 e. The third-order valence-electron chi connectivity index (χ3n) is 2.75. The standard InChI is InChI=1S/C16H20O4.H2O/c1-16(2,3)10-9-13(17)14(18)15(19)20-11-12-7-5-4-6-8-12;/h4-8H,9-11H2,1-3H3;1H2. The van der Waals surface area contributed by atoms with Crippen molar-refractivity contribution in [3.8, 4) is 0 Å². The molecule has 0 amide bonds. The molecule has 1 rings (SSSR count). The van der Waals surface area contributed by atoms with E-state index in [2.05, 4.69) is 0 Å². The Bertz CT molecular complexity index is 485. The van der Waals surface area contributed by atoms with Gasteiger partial charge in [0.25, 0.3) is 0 Å². The molecule has 0 radical (unpaired) electrons. The zero-order valence-electron chi connectivity index (χ0n) is 12.6. The molecule has 0 atom stereocenters. The molecular formula is C16H22O5. The van der Waals surface area contributed by atoms with Crippen molar-refractivity contribution in [3.05, 3.63) is 35.9 Å². The summed E-state index contributed by atoms with van der Waals surface area (Å²) in [6.07, 6.45) is 0.631. The fraction of sp³-hybridized carbons (Fsp3) is 0.438. The van der Waals surface area contributed by atoms with Crippen LogP contribution in [0.25, 0.3) is 0 Å². The van der Waals surface area contributed by atoms with Crippen molar-refractivity contribution in [1.82, 2.24) is 0 Å². The number of benzene rings is 1. The Morgan fingerprint density at radius 3 is 2.14 bits per heavy atom. The minimum atomic E-state index is -1.08. The van der Waals surface area contributed by atoms with E-state index in [9.17, 15) is 14.4 Å². The molecule has 0 aliphatic rings. The van der Waals surface area contributed by atoms with Crippen LogP contribution in [0, 0.1) is 5.41 Å². The second-order valence-electron chi connectivity index (χ2n) is 5.87. The van der Waals surface area contributed by atoms with E-state index in [1.807, 2.05) is 26.8 Å². The quantitative estimate of drug-likeness (QED) is 0.455. The SMILES string of the molecule is CC(C)(C)CCC(=O)C(=O)C(=O)OCc1ccccc1.O. The van der Waals surface area contributed by atoms with Crippen LogP contribution in [0.4, 0.5) is 0 Å². The maximum absolute atomic E-state index is 11.6. The number of carbonyl (C=O) groups excluding carboxylic acids is 3. The van der Waals surface area contributed by atoms with Crippen LogP contribution in [-0.4, -0.2) is 23.0 Å². The maximum Gasteiger partial charge on any atom is 0.383 e. The Morgan fingerprint density at radius 2 is 1.62 bits per heavy atom. The normalized spacial score (nSPS) is 10.4. The smallest absolute Gasteiger partial charge is 0.383 e. The Balaban J connectivity index is 0.00000400. The number of ether oxygens (including phenoxy) is 1. The van der Waals surface area contributed by atoms with Gasteiger partial charge in [-0.2, -0.15) is 0 Å². The zero-order valence-corrected chi connectivity index (χ0v) is 12.6. The first kappa shape index (κ1) is 19.0. The monoisotopic (exact) mass is 294 g/mol. The van der Waals surface area contributed by atoms with Crippen LogP contribution in [0.15, 0.2) is 30.3 Å². The van der Waals surface area contributed by atoms with Gasteiger partial charge in [0.1, 0.15) is 6.61 Å². The Labute approximate surface area is 124 Å². The van der Waals surface area contributed by atoms with Gasteiger partial charge < -0.3 is 10.2 Å². The molecule has 0 aromatic heterocycles. The van der Waals surface area contributed by atoms with Gasteiger partial charge >= 0.3 is 11.8 Å². The molecule has 0 unspecified atom stereocenters. The summed E-state index contributed by atoms with van der Waals surface area (Å²) in [6.45, 7) is 5.91. The van der Waals surface area contributed by atoms with E-state index in [4.69, 9.17) is 4.74 Å². The van der Waals surface area contributed by atoms with Gasteiger partial charge in [0.15, 0.2) is 0 Å². The fourth-order valence-electron chi connectivity index (χ4n) is 1.50. The summed E-state index contributed by atoms with van der Waals surface area (Å²) in [5.74, 6) is -2.82. The lowest BCUT2D eigenvalue weighted by molar-refractivity contribution is -0.157. The van der Waals surface area contributed by atoms with Crippen molar-refractivity contribution >= 4 is 17.5 Å². The number of esters is 1. The highest BCUT2D eigenvalue weighted by Gasteiger charge is 2.25. The van der Waals surface area contributed by atoms with E-state index < -0.39 is 17.5 Å². The van der Waals surface area contributed by atoms with Gasteiger partial charge in [-0.15, -0.1) is 0 Å². The van der Waals surface area contributed by atoms with E-state index in [0.717, 1.165) is 5.56 Å². The molecule has 0 spiro atoms. The highest BCUT2D eigenvalue weighted by Crippen LogP contribution is 2.20. The number of carbonyl (C=O) groups is 3. The summed E-state index contributed by atoms with van der Waals surface area (Å²) >= 11 is 0. The maximum atomic E-state index is 11.6. The average molecular weight is 294 g/mol. The number of ketones is 2. The lowest BCUT2D eigenvalue weighted by Gasteiger charge is -2.16. The number of Topliss-reactive ketones (excluding diaryl/α,β-unsaturated/α-hetero) is 2. The second-order valence-corrected chi connectivity index (χ2v) is 5.87. The molecule has 0 fully saturated rings. The van der Waals surface area contributed by atoms with Gasteiger partial charge in [0.2, 0.25) is 5.78 Å². The zero-order chi connectivity index (χ0) is 15.2. The number of hydrogen-bond acceptors (Lipinski definition) is 4. The molecule has 0 bridgehead atoms. The van der Waals surface area contributed by atoms with Crippen molar-refractivity contribution in [1.29, 1.82) is 0 Å². The van der Waals surface area contributed by atoms with Gasteiger partial charge in [0.05, 0.1) is 0 Å². The van der Waals surface area contributed by atoms with Crippen LogP contribution >= 0.6 is 0 Å². The van der Waals surface area contributed by atoms with Crippen LogP contribution < -0.4 is 0 Å². The molecule has 1 aromatic carbocycles. The summed E-state index contributed by atoms with van der Waals surface area (Å²) in [6, 6.07) is 9.00. The molecule has 0 saturated carbocycles. The van der Waals surface area contributed by atoms with Gasteiger partial charge in [-0.05, 0) is 17.4 Å². The van der Waals surface area contributed by atoms with Gasteiger partial charge in [0, 0.05) is 6.42 Å². The Morgan fingerprint density at radius 1 is 1.05 bits per heavy atom. The summed E-state index contributed by atoms with van der Waals surface area (Å²) < 4.78 is 4.83. The van der Waals surface area contributed by atoms with Gasteiger partial charge in [-0.1, -0.05) is 51.1 Å². The molecule has 116 valence electrons. The van der Waals surface area contributed by atoms with Gasteiger partial charge in [-0.25, -0.2) is 4.79 Å². The summed E-state index contributed by atoms with van der Waals surface area (Å²) in [5, 5.41) is 0. The van der Waals surface area contributed by atoms with E-state index >= 15 is 0 Å². The van der Waals surface area contributed by atoms with E-state index in [1.54, 1.807) is 24.3 Å². The molecule has 0 aliphatic heterocycles. The minimum absolute atomic E-state index is 0. The van der Waals surface area contributed by atoms with E-state index in [1.165, 1.54) is 0 Å². The van der Waals surface area contributed by atoms with Crippen molar-refractivity contribution < 1.29 is 24.6 Å². The molecule has 0 saturated heterocycles. The van der Waals surface area contributed by atoms with Crippen LogP contribution in [-0.2, 0) is 25.7 Å². The lowest BCUT2D eigenvalue weighted by Crippen LogP contribution is -2.26. The molecule has 5 heteroatoms. The fourth-order valence-corrected chi connectivity index (χ4v) is 1.50. The number of hydrogen-bond donors (Lipinski definition) is 0. The molecule has 21 heavy (non-hydrogen) atoms. The first-order valence-corrected chi connectivity index (χ1v) is 6.58. The highest BCUT2D eigenvalue weighted by atomic mass is 16.5. The molecule has 5 nitrogen and oxygen atoms in total. The van der Waals surface area contributed by atoms with Crippen molar-refractivity contribution in [3.63, 3.8) is 0 Å². The molecule has 1 aromatic rings. The Hall–Kier alpha value is -2.01. The summed E-state index contributed by atoms with van der Waals surface area (Å²) in [4.78, 5) is 34.6. The first-order valence-electron chi connectivity index (χ1n) is 6.58. The second kappa shape index (κ2) is 8.32. The van der Waals surface area contributed by atoms with E-state index in [0.29, 0.717) is 6.42 Å². The average Bonchev–Trinajstić information content (AvgIpc) is 2.41. The third-order valence-corrected chi connectivity index (χ3v) is 2.75. The Kier molecular flexibility index (Phi) is 7.52. The van der Waals surface area contributed by atoms with Crippen LogP contribution in [0.2, 0.25) is 0 Å². The number of rotatable bonds is 6. The van der Waals surface area contributed by atoms with Crippen molar-refractivity contribution in [2.75, 3.05) is 0 Å². The summed E-state index contributed by atoms with van der Waals surface area (Å²) in [7, 11) is 0. The van der Waals surface area contributed by atoms with Crippen molar-refractivity contribution in [2.24, 2.45) is 5.41 Å². The van der Waals surface area contributed by atoms with Crippen LogP contribution in [0.3, 0.4) is 0 Å². The highest BCUT2D eigenvalue weighted by molar-refractivity contribution is 6.62. The minimum Gasteiger partial charge on any atom is -0.455 e. The van der Waals surface area contributed by atoms with Gasteiger partial charge in [-0.3, -0.25) is 9.59 Å².